The standard InChI is InChI=1S/C19H19N3O3S2/c1-12-9-14(27(20,24)25)10-17(13(12)2)22-19(23)11-26-18-7-8-21-16-6-4-3-5-15(16)18/h3-10H,11H2,1-2H3,(H,22,23)(H2,20,24,25). The first kappa shape index (κ1) is 19.3. The van der Waals surface area contributed by atoms with E-state index >= 15 is 0 Å². The highest BCUT2D eigenvalue weighted by Crippen LogP contribution is 2.27. The number of nitrogens with zero attached hydrogens (tertiary/aromatic N) is 1. The number of carbonyl (C=O) groups excluding carboxylic acids is 1. The van der Waals surface area contributed by atoms with Crippen LogP contribution >= 0.6 is 11.8 Å². The molecule has 0 aliphatic heterocycles. The smallest absolute Gasteiger partial charge is 0.238 e. The number of rotatable bonds is 5. The van der Waals surface area contributed by atoms with E-state index in [0.29, 0.717) is 5.69 Å². The van der Waals surface area contributed by atoms with E-state index in [4.69, 9.17) is 5.14 Å². The molecule has 0 unspecified atom stereocenters. The monoisotopic (exact) mass is 401 g/mol. The molecule has 0 saturated heterocycles. The molecule has 3 aromatic rings. The summed E-state index contributed by atoms with van der Waals surface area (Å²) in [5.41, 5.74) is 2.86. The van der Waals surface area contributed by atoms with Gasteiger partial charge in [0.1, 0.15) is 0 Å². The number of para-hydroxylation sites is 1. The van der Waals surface area contributed by atoms with Crippen LogP contribution in [0.3, 0.4) is 0 Å². The second-order valence-electron chi connectivity index (χ2n) is 6.12. The Morgan fingerprint density at radius 1 is 1.19 bits per heavy atom. The summed E-state index contributed by atoms with van der Waals surface area (Å²) in [6.07, 6.45) is 1.71. The number of primary sulfonamides is 1. The topological polar surface area (TPSA) is 102 Å². The molecule has 0 bridgehead atoms. The van der Waals surface area contributed by atoms with Crippen molar-refractivity contribution in [3.8, 4) is 0 Å². The van der Waals surface area contributed by atoms with Crippen molar-refractivity contribution in [3.05, 3.63) is 59.8 Å². The van der Waals surface area contributed by atoms with Crippen LogP contribution in [0.25, 0.3) is 10.9 Å². The summed E-state index contributed by atoms with van der Waals surface area (Å²) in [7, 11) is -3.84. The summed E-state index contributed by atoms with van der Waals surface area (Å²) in [5, 5.41) is 8.99. The van der Waals surface area contributed by atoms with Gasteiger partial charge in [0.15, 0.2) is 0 Å². The number of carbonyl (C=O) groups is 1. The highest BCUT2D eigenvalue weighted by atomic mass is 32.2. The molecule has 1 aromatic heterocycles. The summed E-state index contributed by atoms with van der Waals surface area (Å²) in [4.78, 5) is 17.7. The molecule has 0 fully saturated rings. The molecular formula is C19H19N3O3S2. The molecule has 0 aliphatic carbocycles. The highest BCUT2D eigenvalue weighted by molar-refractivity contribution is 8.00. The van der Waals surface area contributed by atoms with Crippen LogP contribution in [0.1, 0.15) is 11.1 Å². The number of fused-ring (bicyclic) bond motifs is 1. The Morgan fingerprint density at radius 3 is 2.67 bits per heavy atom. The van der Waals surface area contributed by atoms with E-state index in [9.17, 15) is 13.2 Å². The first-order valence-corrected chi connectivity index (χ1v) is 10.7. The largest absolute Gasteiger partial charge is 0.325 e. The number of amides is 1. The fraction of sp³-hybridized carbons (Fsp3) is 0.158. The second kappa shape index (κ2) is 7.67. The van der Waals surface area contributed by atoms with E-state index in [-0.39, 0.29) is 16.6 Å². The molecule has 8 heteroatoms. The molecule has 3 N–H and O–H groups in total. The number of nitrogens with one attached hydrogen (secondary N) is 1. The molecule has 140 valence electrons. The van der Waals surface area contributed by atoms with Crippen molar-refractivity contribution in [2.24, 2.45) is 5.14 Å². The zero-order valence-corrected chi connectivity index (χ0v) is 16.5. The van der Waals surface area contributed by atoms with Gasteiger partial charge in [-0.2, -0.15) is 0 Å². The maximum atomic E-state index is 12.4. The number of nitrogens with two attached hydrogens (primary N) is 1. The lowest BCUT2D eigenvalue weighted by atomic mass is 10.1. The highest BCUT2D eigenvalue weighted by Gasteiger charge is 2.14. The Hall–Kier alpha value is -2.42. The SMILES string of the molecule is Cc1cc(S(N)(=O)=O)cc(NC(=O)CSc2ccnc3ccccc23)c1C. The van der Waals surface area contributed by atoms with Crippen LogP contribution in [-0.4, -0.2) is 25.1 Å². The number of anilines is 1. The van der Waals surface area contributed by atoms with E-state index in [1.807, 2.05) is 37.3 Å². The predicted octanol–water partition coefficient (Wildman–Crippen LogP) is 3.23. The average molecular weight is 402 g/mol. The van der Waals surface area contributed by atoms with Gasteiger partial charge in [0.2, 0.25) is 15.9 Å². The molecule has 1 heterocycles. The molecule has 0 atom stereocenters. The van der Waals surface area contributed by atoms with Crippen molar-refractivity contribution in [3.63, 3.8) is 0 Å². The first-order chi connectivity index (χ1) is 12.8. The fourth-order valence-corrected chi connectivity index (χ4v) is 4.11. The Kier molecular flexibility index (Phi) is 5.50. The van der Waals surface area contributed by atoms with E-state index in [1.165, 1.54) is 23.9 Å². The number of benzene rings is 2. The minimum absolute atomic E-state index is 0.0197. The summed E-state index contributed by atoms with van der Waals surface area (Å²) < 4.78 is 23.2. The van der Waals surface area contributed by atoms with Crippen LogP contribution in [0.5, 0.6) is 0 Å². The van der Waals surface area contributed by atoms with Crippen molar-refractivity contribution < 1.29 is 13.2 Å². The number of aryl methyl sites for hydroxylation is 1. The van der Waals surface area contributed by atoms with E-state index in [2.05, 4.69) is 10.3 Å². The molecule has 0 saturated carbocycles. The molecule has 1 amide bonds. The minimum Gasteiger partial charge on any atom is -0.325 e. The third-order valence-corrected chi connectivity index (χ3v) is 6.18. The van der Waals surface area contributed by atoms with Crippen molar-refractivity contribution in [2.75, 3.05) is 11.1 Å². The van der Waals surface area contributed by atoms with E-state index in [1.54, 1.807) is 13.1 Å². The number of thioether (sulfide) groups is 1. The minimum atomic E-state index is -3.84. The van der Waals surface area contributed by atoms with Crippen LogP contribution in [0.2, 0.25) is 0 Å². The number of hydrogen-bond donors (Lipinski definition) is 2. The van der Waals surface area contributed by atoms with Gasteiger partial charge in [0.05, 0.1) is 16.2 Å². The van der Waals surface area contributed by atoms with Gasteiger partial charge in [-0.1, -0.05) is 18.2 Å². The number of aromatic nitrogens is 1. The normalized spacial score (nSPS) is 11.5. The molecule has 6 nitrogen and oxygen atoms in total. The average Bonchev–Trinajstić information content (AvgIpc) is 2.62. The van der Waals surface area contributed by atoms with Crippen molar-refractivity contribution >= 4 is 44.3 Å². The zero-order valence-electron chi connectivity index (χ0n) is 14.9. The lowest BCUT2D eigenvalue weighted by molar-refractivity contribution is -0.113. The summed E-state index contributed by atoms with van der Waals surface area (Å²) in [6, 6.07) is 12.5. The van der Waals surface area contributed by atoms with Gasteiger partial charge in [-0.05, 0) is 49.2 Å². The van der Waals surface area contributed by atoms with Gasteiger partial charge in [0.25, 0.3) is 0 Å². The third kappa shape index (κ3) is 4.47. The van der Waals surface area contributed by atoms with Crippen LogP contribution in [0.4, 0.5) is 5.69 Å². The van der Waals surface area contributed by atoms with Gasteiger partial charge in [-0.25, -0.2) is 13.6 Å². The third-order valence-electron chi connectivity index (χ3n) is 4.21. The van der Waals surface area contributed by atoms with Gasteiger partial charge < -0.3 is 5.32 Å². The number of pyridine rings is 1. The van der Waals surface area contributed by atoms with Crippen molar-refractivity contribution in [1.82, 2.24) is 4.98 Å². The van der Waals surface area contributed by atoms with Crippen LogP contribution in [0, 0.1) is 13.8 Å². The lowest BCUT2D eigenvalue weighted by Crippen LogP contribution is -2.17. The summed E-state index contributed by atoms with van der Waals surface area (Å²) in [5.74, 6) is -0.0403. The fourth-order valence-electron chi connectivity index (χ4n) is 2.65. The predicted molar refractivity (Wildman–Crippen MR) is 108 cm³/mol. The van der Waals surface area contributed by atoms with Gasteiger partial charge in [0, 0.05) is 22.2 Å². The zero-order chi connectivity index (χ0) is 19.6. The van der Waals surface area contributed by atoms with Crippen molar-refractivity contribution in [1.29, 1.82) is 0 Å². The van der Waals surface area contributed by atoms with Gasteiger partial charge in [-0.15, -0.1) is 11.8 Å². The van der Waals surface area contributed by atoms with Gasteiger partial charge >= 0.3 is 0 Å². The Labute approximate surface area is 162 Å². The molecule has 27 heavy (non-hydrogen) atoms. The number of hydrogen-bond acceptors (Lipinski definition) is 5. The second-order valence-corrected chi connectivity index (χ2v) is 8.70. The Bertz CT molecular complexity index is 1120. The quantitative estimate of drug-likeness (QED) is 0.639. The first-order valence-electron chi connectivity index (χ1n) is 8.16. The maximum Gasteiger partial charge on any atom is 0.238 e. The molecule has 0 aliphatic rings. The van der Waals surface area contributed by atoms with Gasteiger partial charge in [-0.3, -0.25) is 9.78 Å². The van der Waals surface area contributed by atoms with E-state index < -0.39 is 10.0 Å². The van der Waals surface area contributed by atoms with Crippen LogP contribution in [0.15, 0.2) is 58.5 Å². The Balaban J connectivity index is 1.77. The van der Waals surface area contributed by atoms with Crippen LogP contribution < -0.4 is 10.5 Å². The Morgan fingerprint density at radius 2 is 1.93 bits per heavy atom. The van der Waals surface area contributed by atoms with Crippen LogP contribution in [-0.2, 0) is 14.8 Å². The molecule has 2 aromatic carbocycles. The molecule has 3 rings (SSSR count). The molecule has 0 radical (unpaired) electrons. The van der Waals surface area contributed by atoms with Crippen molar-refractivity contribution in [2.45, 2.75) is 23.6 Å². The maximum absolute atomic E-state index is 12.4. The van der Waals surface area contributed by atoms with E-state index in [0.717, 1.165) is 26.9 Å². The molecule has 0 spiro atoms. The number of sulfonamides is 1. The molecular weight excluding hydrogens is 382 g/mol. The lowest BCUT2D eigenvalue weighted by Gasteiger charge is -2.13. The summed E-state index contributed by atoms with van der Waals surface area (Å²) in [6.45, 7) is 3.60. The summed E-state index contributed by atoms with van der Waals surface area (Å²) >= 11 is 1.40.